The van der Waals surface area contributed by atoms with Crippen LogP contribution in [0.25, 0.3) is 66.1 Å². The zero-order valence-corrected chi connectivity index (χ0v) is 84.3. The molecular formula is C138H102B3N9. The lowest BCUT2D eigenvalue weighted by molar-refractivity contribution is 1.18. The molecule has 9 nitrogen and oxygen atoms in total. The summed E-state index contributed by atoms with van der Waals surface area (Å²) in [5, 5.41) is 5.07. The number of fused-ring (bicyclic) bond motifs is 18. The number of benzene rings is 22. The SMILES string of the molecule is Cc1ccc(N2c3ccc(C)cc3B3c4cc5c6ccccc6n(-c6ccccc6)c5cc4N(c4ccc(-c5ccccc5)cc4)c4cccc2c43)cc1.Cc1ccc(N2c3ccc(C)cc3B3c4cc5c6ccccc6n(-c6ccccc6)c5cc4N(c4ccccc4)c4cccc2c43)cc1.Cc1ccc(N2c3ccc(C)cc3B3c4ccc(N(c5ccccc5)c5ccccc5)cc4N(c4ccccc4)c4cccc2c43)cc1. The van der Waals surface area contributed by atoms with Crippen LogP contribution >= 0.6 is 0 Å². The zero-order valence-electron chi connectivity index (χ0n) is 84.3. The highest BCUT2D eigenvalue weighted by molar-refractivity contribution is 7.02. The molecule has 0 saturated carbocycles. The van der Waals surface area contributed by atoms with Crippen LogP contribution in [0.5, 0.6) is 0 Å². The first-order chi connectivity index (χ1) is 73.9. The van der Waals surface area contributed by atoms with E-state index in [1.807, 2.05) is 0 Å². The van der Waals surface area contributed by atoms with Gasteiger partial charge in [0.15, 0.2) is 0 Å². The average molecular weight is 1920 g/mol. The Labute approximate surface area is 876 Å². The van der Waals surface area contributed by atoms with E-state index < -0.39 is 0 Å². The second-order valence-corrected chi connectivity index (χ2v) is 40.7. The molecule has 0 radical (unpaired) electrons. The van der Waals surface area contributed by atoms with Crippen LogP contribution in [0.4, 0.5) is 119 Å². The minimum Gasteiger partial charge on any atom is -0.311 e. The van der Waals surface area contributed by atoms with E-state index in [9.17, 15) is 0 Å². The van der Waals surface area contributed by atoms with E-state index in [1.165, 1.54) is 228 Å². The van der Waals surface area contributed by atoms with Crippen molar-refractivity contribution in [2.45, 2.75) is 41.5 Å². The van der Waals surface area contributed by atoms with Gasteiger partial charge in [0, 0.05) is 152 Å². The molecule has 0 bridgehead atoms. The van der Waals surface area contributed by atoms with Crippen molar-refractivity contribution in [1.29, 1.82) is 0 Å². The van der Waals surface area contributed by atoms with Crippen LogP contribution in [0.15, 0.2) is 510 Å². The van der Waals surface area contributed by atoms with E-state index in [0.717, 1.165) is 39.8 Å². The zero-order chi connectivity index (χ0) is 100. The summed E-state index contributed by atoms with van der Waals surface area (Å²) < 4.78 is 4.86. The third kappa shape index (κ3) is 14.6. The maximum atomic E-state index is 2.51. The molecule has 6 aliphatic rings. The van der Waals surface area contributed by atoms with Gasteiger partial charge in [-0.05, 0) is 314 Å². The predicted octanol–water partition coefficient (Wildman–Crippen LogP) is 30.5. The minimum atomic E-state index is 0.0471. The molecule has 0 unspecified atom stereocenters. The molecule has 0 spiro atoms. The largest absolute Gasteiger partial charge is 0.311 e. The number of rotatable bonds is 12. The predicted molar refractivity (Wildman–Crippen MR) is 639 cm³/mol. The molecule has 22 aromatic carbocycles. The fourth-order valence-corrected chi connectivity index (χ4v) is 24.9. The lowest BCUT2D eigenvalue weighted by Crippen LogP contribution is -2.61. The number of anilines is 21. The van der Waals surface area contributed by atoms with Crippen molar-refractivity contribution in [3.8, 4) is 22.5 Å². The van der Waals surface area contributed by atoms with Crippen molar-refractivity contribution in [3.63, 3.8) is 0 Å². The normalized spacial score (nSPS) is 12.9. The molecule has 30 rings (SSSR count). The van der Waals surface area contributed by atoms with Crippen molar-refractivity contribution in [2.24, 2.45) is 0 Å². The van der Waals surface area contributed by atoms with Gasteiger partial charge in [-0.25, -0.2) is 0 Å². The van der Waals surface area contributed by atoms with Crippen LogP contribution in [-0.4, -0.2) is 29.3 Å². The van der Waals surface area contributed by atoms with E-state index >= 15 is 0 Å². The third-order valence-corrected chi connectivity index (χ3v) is 31.5. The number of para-hydroxylation sites is 8. The first-order valence-corrected chi connectivity index (χ1v) is 52.2. The van der Waals surface area contributed by atoms with Gasteiger partial charge in [0.05, 0.1) is 22.1 Å². The maximum absolute atomic E-state index is 2.51. The van der Waals surface area contributed by atoms with Crippen molar-refractivity contribution in [3.05, 3.63) is 543 Å². The Hall–Kier alpha value is -18.8. The highest BCUT2D eigenvalue weighted by Crippen LogP contribution is 2.53. The second kappa shape index (κ2) is 36.2. The quantitative estimate of drug-likeness (QED) is 0.113. The number of aromatic nitrogens is 2. The van der Waals surface area contributed by atoms with Gasteiger partial charge < -0.3 is 43.4 Å². The summed E-state index contributed by atoms with van der Waals surface area (Å²) >= 11 is 0. The van der Waals surface area contributed by atoms with Gasteiger partial charge in [0.1, 0.15) is 0 Å². The Kier molecular flexibility index (Phi) is 21.4. The van der Waals surface area contributed by atoms with Crippen molar-refractivity contribution < 1.29 is 0 Å². The lowest BCUT2D eigenvalue weighted by atomic mass is 9.33. The van der Waals surface area contributed by atoms with E-state index in [2.05, 4.69) is 595 Å². The molecular weight excluding hydrogens is 1820 g/mol. The smallest absolute Gasteiger partial charge is 0.252 e. The summed E-state index contributed by atoms with van der Waals surface area (Å²) in [5.41, 5.74) is 54.1. The molecule has 12 heteroatoms. The number of hydrogen-bond acceptors (Lipinski definition) is 7. The number of aryl methyl sites for hydroxylation is 6. The van der Waals surface area contributed by atoms with E-state index in [-0.39, 0.29) is 20.1 Å². The molecule has 0 atom stereocenters. The Balaban J connectivity index is 0.000000108. The van der Waals surface area contributed by atoms with Crippen LogP contribution in [0.2, 0.25) is 0 Å². The highest BCUT2D eigenvalue weighted by Gasteiger charge is 2.48. The Morgan fingerprint density at radius 3 is 0.773 bits per heavy atom. The summed E-state index contributed by atoms with van der Waals surface area (Å²) in [5.74, 6) is 0. The molecule has 0 aliphatic carbocycles. The van der Waals surface area contributed by atoms with E-state index in [1.54, 1.807) is 0 Å². The topological polar surface area (TPSA) is 32.5 Å². The van der Waals surface area contributed by atoms with Gasteiger partial charge in [0.2, 0.25) is 0 Å². The molecule has 150 heavy (non-hydrogen) atoms. The second-order valence-electron chi connectivity index (χ2n) is 40.7. The molecule has 0 saturated heterocycles. The molecule has 0 fully saturated rings. The van der Waals surface area contributed by atoms with Gasteiger partial charge in [-0.3, -0.25) is 0 Å². The molecule has 24 aromatic rings. The molecule has 6 aliphatic heterocycles. The number of hydrogen-bond donors (Lipinski definition) is 0. The van der Waals surface area contributed by atoms with Gasteiger partial charge >= 0.3 is 0 Å². The molecule has 708 valence electrons. The summed E-state index contributed by atoms with van der Waals surface area (Å²) in [6, 6.07) is 187. The monoisotopic (exact) mass is 1920 g/mol. The van der Waals surface area contributed by atoms with Crippen LogP contribution in [0.3, 0.4) is 0 Å². The Bertz CT molecular complexity index is 9380. The molecule has 2 aromatic heterocycles. The summed E-state index contributed by atoms with van der Waals surface area (Å²) in [6.45, 7) is 13.3. The van der Waals surface area contributed by atoms with Gasteiger partial charge in [-0.1, -0.05) is 331 Å². The first-order valence-electron chi connectivity index (χ1n) is 52.2. The number of nitrogens with zero attached hydrogens (tertiary/aromatic N) is 9. The standard InChI is InChI=1S/C50H36BN3.C44H32BN3.C44H34BN3/c1-33-20-25-38(26-21-33)53-45-29-22-34(2)30-42(45)51-43-31-41-40-16-9-10-17-44(40)52(37-14-7-4-8-15-37)48(41)32-49(43)54(47-19-11-18-46(53)50(47)51)39-27-23-36(24-28-39)35-12-5-3-6-13-35;1-29-20-23-33(24-21-29)47-39-25-22-30(2)26-36(39)45-37-27-35-34-16-9-10-17-38(34)46(31-12-5-3-6-13-31)42(35)28-43(37)48(32-14-7-4-8-15-32)41-19-11-18-40(47)44(41)45;1-31-21-24-36(25-22-31)47-40-28-23-32(2)29-39(40)45-38-27-26-37(46(33-13-6-3-7-14-33)34-15-8-4-9-16-34)30-43(38)48(35-17-10-5-11-18-35)42-20-12-19-41(47)44(42)45/h3-32H,1-2H3;3-28H,1-2H3;3-30H,1-2H3. The van der Waals surface area contributed by atoms with Gasteiger partial charge in [0.25, 0.3) is 20.1 Å². The van der Waals surface area contributed by atoms with Crippen molar-refractivity contribution in [2.75, 3.05) is 34.3 Å². The van der Waals surface area contributed by atoms with Crippen LogP contribution in [0, 0.1) is 41.5 Å². The van der Waals surface area contributed by atoms with Crippen LogP contribution in [-0.2, 0) is 0 Å². The third-order valence-electron chi connectivity index (χ3n) is 31.5. The highest BCUT2D eigenvalue weighted by atomic mass is 15.2. The Morgan fingerprint density at radius 1 is 0.153 bits per heavy atom. The summed E-state index contributed by atoms with van der Waals surface area (Å²) in [7, 11) is 0. The summed E-state index contributed by atoms with van der Waals surface area (Å²) in [6.07, 6.45) is 0. The van der Waals surface area contributed by atoms with Crippen molar-refractivity contribution in [1.82, 2.24) is 9.13 Å². The molecule has 0 amide bonds. The van der Waals surface area contributed by atoms with Crippen molar-refractivity contribution >= 4 is 232 Å². The lowest BCUT2D eigenvalue weighted by Gasteiger charge is -2.44. The minimum absolute atomic E-state index is 0.0471. The van der Waals surface area contributed by atoms with E-state index in [0.29, 0.717) is 0 Å². The fourth-order valence-electron chi connectivity index (χ4n) is 24.9. The fraction of sp³-hybridized carbons (Fsp3) is 0.0435. The Morgan fingerprint density at radius 2 is 0.420 bits per heavy atom. The van der Waals surface area contributed by atoms with Crippen LogP contribution < -0.4 is 83.5 Å². The first kappa shape index (κ1) is 88.9. The molecule has 8 heterocycles. The maximum Gasteiger partial charge on any atom is 0.252 e. The van der Waals surface area contributed by atoms with E-state index in [4.69, 9.17) is 0 Å². The average Bonchev–Trinajstić information content (AvgIpc) is 1.17. The van der Waals surface area contributed by atoms with Crippen LogP contribution in [0.1, 0.15) is 33.4 Å². The molecule has 0 N–H and O–H groups in total. The van der Waals surface area contributed by atoms with Gasteiger partial charge in [-0.15, -0.1) is 0 Å². The summed E-state index contributed by atoms with van der Waals surface area (Å²) in [4.78, 5) is 17.2. The van der Waals surface area contributed by atoms with Gasteiger partial charge in [-0.2, -0.15) is 0 Å².